The number of hydrogen-bond acceptors (Lipinski definition) is 3. The number of piperidine rings is 1. The molecule has 0 spiro atoms. The van der Waals surface area contributed by atoms with E-state index in [4.69, 9.17) is 4.74 Å². The number of benzene rings is 1. The van der Waals surface area contributed by atoms with Crippen molar-refractivity contribution >= 4 is 5.97 Å². The summed E-state index contributed by atoms with van der Waals surface area (Å²) < 4.78 is 5.79. The van der Waals surface area contributed by atoms with E-state index in [1.807, 2.05) is 6.07 Å². The molecular formula is C18H27NO3. The number of carbonyl (C=O) groups is 1. The van der Waals surface area contributed by atoms with Crippen LogP contribution in [0.25, 0.3) is 0 Å². The molecule has 4 heteroatoms. The van der Waals surface area contributed by atoms with Crippen LogP contribution in [-0.2, 0) is 4.79 Å². The maximum absolute atomic E-state index is 11.2. The summed E-state index contributed by atoms with van der Waals surface area (Å²) in [4.78, 5) is 13.4. The quantitative estimate of drug-likeness (QED) is 0.820. The van der Waals surface area contributed by atoms with Crippen molar-refractivity contribution in [2.45, 2.75) is 33.6 Å². The molecule has 22 heavy (non-hydrogen) atoms. The highest BCUT2D eigenvalue weighted by atomic mass is 16.5. The Balaban J connectivity index is 1.73. The fourth-order valence-corrected chi connectivity index (χ4v) is 3.11. The summed E-state index contributed by atoms with van der Waals surface area (Å²) in [5.41, 5.74) is 2.51. The molecule has 122 valence electrons. The van der Waals surface area contributed by atoms with Gasteiger partial charge in [0.05, 0.1) is 12.5 Å². The van der Waals surface area contributed by atoms with Crippen molar-refractivity contribution in [2.75, 3.05) is 26.2 Å². The number of nitrogens with zero attached hydrogens (tertiary/aromatic N) is 1. The van der Waals surface area contributed by atoms with Crippen molar-refractivity contribution in [2.24, 2.45) is 11.8 Å². The Labute approximate surface area is 133 Å². The largest absolute Gasteiger partial charge is 0.494 e. The predicted octanol–water partition coefficient (Wildman–Crippen LogP) is 3.11. The molecule has 0 saturated carbocycles. The van der Waals surface area contributed by atoms with Gasteiger partial charge < -0.3 is 14.7 Å². The molecule has 1 N–H and O–H groups in total. The highest BCUT2D eigenvalue weighted by Crippen LogP contribution is 2.22. The minimum Gasteiger partial charge on any atom is -0.494 e. The van der Waals surface area contributed by atoms with Crippen LogP contribution in [0.1, 0.15) is 30.9 Å². The van der Waals surface area contributed by atoms with E-state index in [9.17, 15) is 9.90 Å². The molecule has 4 nitrogen and oxygen atoms in total. The Hall–Kier alpha value is -1.55. The molecule has 0 aromatic heterocycles. The maximum atomic E-state index is 11.2. The Morgan fingerprint density at radius 1 is 1.32 bits per heavy atom. The Morgan fingerprint density at radius 2 is 2.09 bits per heavy atom. The molecule has 2 unspecified atom stereocenters. The Kier molecular flexibility index (Phi) is 5.83. The lowest BCUT2D eigenvalue weighted by atomic mass is 9.90. The molecule has 1 heterocycles. The molecule has 0 amide bonds. The second-order valence-electron chi connectivity index (χ2n) is 6.58. The normalized spacial score (nSPS) is 22.5. The van der Waals surface area contributed by atoms with Crippen LogP contribution in [0, 0.1) is 25.7 Å². The van der Waals surface area contributed by atoms with E-state index in [0.29, 0.717) is 19.1 Å². The van der Waals surface area contributed by atoms with Crippen molar-refractivity contribution in [3.8, 4) is 5.75 Å². The molecule has 1 fully saturated rings. The predicted molar refractivity (Wildman–Crippen MR) is 87.4 cm³/mol. The number of carboxylic acids is 1. The molecule has 0 bridgehead atoms. The Bertz CT molecular complexity index is 515. The third kappa shape index (κ3) is 4.73. The highest BCUT2D eigenvalue weighted by molar-refractivity contribution is 5.70. The molecule has 1 aliphatic rings. The maximum Gasteiger partial charge on any atom is 0.307 e. The second-order valence-corrected chi connectivity index (χ2v) is 6.58. The summed E-state index contributed by atoms with van der Waals surface area (Å²) in [5, 5.41) is 9.19. The molecule has 2 rings (SSSR count). The van der Waals surface area contributed by atoms with Crippen molar-refractivity contribution in [1.29, 1.82) is 0 Å². The van der Waals surface area contributed by atoms with Gasteiger partial charge in [-0.2, -0.15) is 0 Å². The highest BCUT2D eigenvalue weighted by Gasteiger charge is 2.28. The van der Waals surface area contributed by atoms with Crippen LogP contribution < -0.4 is 4.74 Å². The van der Waals surface area contributed by atoms with Gasteiger partial charge in [-0.05, 0) is 55.9 Å². The molecule has 1 aromatic rings. The van der Waals surface area contributed by atoms with Crippen molar-refractivity contribution in [1.82, 2.24) is 4.90 Å². The molecule has 0 radical (unpaired) electrons. The zero-order chi connectivity index (χ0) is 16.1. The lowest BCUT2D eigenvalue weighted by Crippen LogP contribution is -2.43. The van der Waals surface area contributed by atoms with Crippen molar-refractivity contribution in [3.05, 3.63) is 29.3 Å². The van der Waals surface area contributed by atoms with Crippen LogP contribution in [0.15, 0.2) is 18.2 Å². The van der Waals surface area contributed by atoms with Crippen LogP contribution in [0.5, 0.6) is 5.75 Å². The first-order chi connectivity index (χ1) is 10.5. The van der Waals surface area contributed by atoms with Crippen molar-refractivity contribution in [3.63, 3.8) is 0 Å². The molecule has 1 aromatic carbocycles. The monoisotopic (exact) mass is 305 g/mol. The summed E-state index contributed by atoms with van der Waals surface area (Å²) in [7, 11) is 0. The van der Waals surface area contributed by atoms with Crippen LogP contribution >= 0.6 is 0 Å². The van der Waals surface area contributed by atoms with Gasteiger partial charge in [0.15, 0.2) is 0 Å². The molecule has 0 aliphatic carbocycles. The third-order valence-electron chi connectivity index (χ3n) is 4.45. The zero-order valence-electron chi connectivity index (χ0n) is 13.8. The second kappa shape index (κ2) is 7.63. The zero-order valence-corrected chi connectivity index (χ0v) is 13.8. The summed E-state index contributed by atoms with van der Waals surface area (Å²) in [5.74, 6) is 0.487. The molecule has 2 atom stereocenters. The van der Waals surface area contributed by atoms with E-state index in [1.165, 1.54) is 11.1 Å². The van der Waals surface area contributed by atoms with E-state index in [0.717, 1.165) is 31.7 Å². The van der Waals surface area contributed by atoms with Gasteiger partial charge in [-0.15, -0.1) is 0 Å². The minimum atomic E-state index is -0.664. The first-order valence-corrected chi connectivity index (χ1v) is 8.11. The van der Waals surface area contributed by atoms with E-state index in [1.54, 1.807) is 0 Å². The smallest absolute Gasteiger partial charge is 0.307 e. The topological polar surface area (TPSA) is 49.8 Å². The van der Waals surface area contributed by atoms with Gasteiger partial charge in [-0.3, -0.25) is 4.79 Å². The number of aliphatic carboxylic acids is 1. The summed E-state index contributed by atoms with van der Waals surface area (Å²) in [6.45, 7) is 9.55. The van der Waals surface area contributed by atoms with Crippen LogP contribution in [-0.4, -0.2) is 42.2 Å². The average Bonchev–Trinajstić information content (AvgIpc) is 2.46. The van der Waals surface area contributed by atoms with Crippen LogP contribution in [0.2, 0.25) is 0 Å². The Morgan fingerprint density at radius 3 is 2.77 bits per heavy atom. The van der Waals surface area contributed by atoms with Gasteiger partial charge in [0.25, 0.3) is 0 Å². The summed E-state index contributed by atoms with van der Waals surface area (Å²) in [6, 6.07) is 6.15. The average molecular weight is 305 g/mol. The van der Waals surface area contributed by atoms with Crippen LogP contribution in [0.3, 0.4) is 0 Å². The number of carboxylic acid groups (broad SMARTS) is 1. The number of likely N-dealkylation sites (tertiary alicyclic amines) is 1. The first-order valence-electron chi connectivity index (χ1n) is 8.11. The van der Waals surface area contributed by atoms with Gasteiger partial charge in [0, 0.05) is 19.6 Å². The third-order valence-corrected chi connectivity index (χ3v) is 4.45. The van der Waals surface area contributed by atoms with Gasteiger partial charge in [-0.1, -0.05) is 13.0 Å². The standard InChI is InChI=1S/C18H27NO3/c1-13-9-16(18(20)21)12-19(11-13)7-4-8-22-17-6-5-14(2)15(3)10-17/h5-6,10,13,16H,4,7-9,11-12H2,1-3H3,(H,20,21). The van der Waals surface area contributed by atoms with Gasteiger partial charge >= 0.3 is 5.97 Å². The lowest BCUT2D eigenvalue weighted by molar-refractivity contribution is -0.144. The van der Waals surface area contributed by atoms with Crippen LogP contribution in [0.4, 0.5) is 0 Å². The first kappa shape index (κ1) is 16.8. The number of aryl methyl sites for hydroxylation is 2. The number of hydrogen-bond donors (Lipinski definition) is 1. The van der Waals surface area contributed by atoms with E-state index < -0.39 is 5.97 Å². The summed E-state index contributed by atoms with van der Waals surface area (Å²) in [6.07, 6.45) is 1.72. The van der Waals surface area contributed by atoms with Gasteiger partial charge in [0.1, 0.15) is 5.75 Å². The molecule has 1 aliphatic heterocycles. The number of ether oxygens (including phenoxy) is 1. The van der Waals surface area contributed by atoms with E-state index >= 15 is 0 Å². The van der Waals surface area contributed by atoms with E-state index in [-0.39, 0.29) is 5.92 Å². The lowest BCUT2D eigenvalue weighted by Gasteiger charge is -2.34. The van der Waals surface area contributed by atoms with E-state index in [2.05, 4.69) is 37.8 Å². The minimum absolute atomic E-state index is 0.218. The molecular weight excluding hydrogens is 278 g/mol. The van der Waals surface area contributed by atoms with Gasteiger partial charge in [-0.25, -0.2) is 0 Å². The SMILES string of the molecule is Cc1ccc(OCCCN2CC(C)CC(C(=O)O)C2)cc1C. The summed E-state index contributed by atoms with van der Waals surface area (Å²) >= 11 is 0. The fraction of sp³-hybridized carbons (Fsp3) is 0.611. The van der Waals surface area contributed by atoms with Gasteiger partial charge in [0.2, 0.25) is 0 Å². The molecule has 1 saturated heterocycles. The van der Waals surface area contributed by atoms with Crippen molar-refractivity contribution < 1.29 is 14.6 Å². The fourth-order valence-electron chi connectivity index (χ4n) is 3.11. The number of rotatable bonds is 6.